The first kappa shape index (κ1) is 9.52. The molecule has 0 spiro atoms. The Balaban J connectivity index is 1.69. The summed E-state index contributed by atoms with van der Waals surface area (Å²) in [5.41, 5.74) is 1.09. The van der Waals surface area contributed by atoms with Crippen molar-refractivity contribution < 1.29 is 9.15 Å². The third-order valence-corrected chi connectivity index (χ3v) is 2.84. The fraction of sp³-hybridized carbons (Fsp3) is 0.286. The van der Waals surface area contributed by atoms with Gasteiger partial charge in [0.05, 0.1) is 12.9 Å². The lowest BCUT2D eigenvalue weighted by Crippen LogP contribution is -1.98. The van der Waals surface area contributed by atoms with E-state index in [1.165, 1.54) is 12.8 Å². The van der Waals surface area contributed by atoms with Crippen molar-refractivity contribution in [3.8, 4) is 17.1 Å². The topological polar surface area (TPSA) is 22.4 Å². The first-order valence-corrected chi connectivity index (χ1v) is 5.68. The molecule has 16 heavy (non-hydrogen) atoms. The molecule has 0 amide bonds. The molecule has 1 aliphatic carbocycles. The van der Waals surface area contributed by atoms with Gasteiger partial charge < -0.3 is 9.15 Å². The predicted molar refractivity (Wildman–Crippen MR) is 62.4 cm³/mol. The highest BCUT2D eigenvalue weighted by Gasteiger charge is 2.21. The van der Waals surface area contributed by atoms with Crippen LogP contribution in [0.3, 0.4) is 0 Å². The summed E-state index contributed by atoms with van der Waals surface area (Å²) in [5.74, 6) is 2.64. The minimum absolute atomic E-state index is 0.796. The van der Waals surface area contributed by atoms with Gasteiger partial charge in [0.15, 0.2) is 0 Å². The van der Waals surface area contributed by atoms with Gasteiger partial charge in [0, 0.05) is 5.56 Å². The van der Waals surface area contributed by atoms with Gasteiger partial charge in [-0.25, -0.2) is 0 Å². The van der Waals surface area contributed by atoms with Gasteiger partial charge in [-0.2, -0.15) is 0 Å². The third-order valence-electron chi connectivity index (χ3n) is 2.84. The molecule has 1 aromatic heterocycles. The van der Waals surface area contributed by atoms with Crippen molar-refractivity contribution in [2.75, 3.05) is 6.61 Å². The second-order valence-electron chi connectivity index (χ2n) is 4.26. The maximum atomic E-state index is 5.67. The molecule has 1 heterocycles. The smallest absolute Gasteiger partial charge is 0.133 e. The van der Waals surface area contributed by atoms with E-state index in [1.54, 1.807) is 6.26 Å². The van der Waals surface area contributed by atoms with Crippen LogP contribution in [0.2, 0.25) is 0 Å². The summed E-state index contributed by atoms with van der Waals surface area (Å²) in [6.07, 6.45) is 4.34. The molecule has 2 nitrogen and oxygen atoms in total. The summed E-state index contributed by atoms with van der Waals surface area (Å²) in [5, 5.41) is 0. The molecule has 0 radical (unpaired) electrons. The molecule has 0 N–H and O–H groups in total. The van der Waals surface area contributed by atoms with Crippen LogP contribution < -0.4 is 4.74 Å². The molecular weight excluding hydrogens is 200 g/mol. The number of furan rings is 1. The Morgan fingerprint density at radius 3 is 2.56 bits per heavy atom. The molecule has 82 valence electrons. The fourth-order valence-electron chi connectivity index (χ4n) is 1.66. The van der Waals surface area contributed by atoms with Gasteiger partial charge in [0.25, 0.3) is 0 Å². The Hall–Kier alpha value is -1.70. The molecule has 1 saturated carbocycles. The van der Waals surface area contributed by atoms with Crippen molar-refractivity contribution in [2.24, 2.45) is 5.92 Å². The molecule has 2 heteroatoms. The van der Waals surface area contributed by atoms with Gasteiger partial charge >= 0.3 is 0 Å². The lowest BCUT2D eigenvalue weighted by atomic mass is 10.2. The van der Waals surface area contributed by atoms with E-state index in [1.807, 2.05) is 36.4 Å². The van der Waals surface area contributed by atoms with Crippen molar-refractivity contribution in [2.45, 2.75) is 12.8 Å². The Morgan fingerprint density at radius 1 is 1.12 bits per heavy atom. The highest BCUT2D eigenvalue weighted by molar-refractivity contribution is 5.58. The maximum absolute atomic E-state index is 5.67. The SMILES string of the molecule is c1coc(-c2ccc(OCC3CC3)cc2)c1. The summed E-state index contributed by atoms with van der Waals surface area (Å²) in [6.45, 7) is 0.861. The molecule has 0 aliphatic heterocycles. The molecule has 2 aromatic rings. The Bertz CT molecular complexity index is 438. The van der Waals surface area contributed by atoms with Crippen molar-refractivity contribution in [1.82, 2.24) is 0 Å². The van der Waals surface area contributed by atoms with Crippen LogP contribution in [0.5, 0.6) is 5.75 Å². The third kappa shape index (κ3) is 2.11. The average Bonchev–Trinajstić information content (AvgIpc) is 3.00. The summed E-state index contributed by atoms with van der Waals surface area (Å²) in [4.78, 5) is 0. The van der Waals surface area contributed by atoms with Crippen LogP contribution in [0.15, 0.2) is 47.1 Å². The first-order valence-electron chi connectivity index (χ1n) is 5.68. The van der Waals surface area contributed by atoms with Crippen LogP contribution in [-0.2, 0) is 0 Å². The summed E-state index contributed by atoms with van der Waals surface area (Å²) in [7, 11) is 0. The lowest BCUT2D eigenvalue weighted by molar-refractivity contribution is 0.300. The van der Waals surface area contributed by atoms with Gasteiger partial charge in [-0.3, -0.25) is 0 Å². The molecule has 1 aromatic carbocycles. The van der Waals surface area contributed by atoms with Crippen LogP contribution in [0.25, 0.3) is 11.3 Å². The van der Waals surface area contributed by atoms with Crippen LogP contribution in [0, 0.1) is 5.92 Å². The molecule has 1 fully saturated rings. The standard InChI is InChI=1S/C14H14O2/c1-2-14(15-9-1)12-5-7-13(8-6-12)16-10-11-3-4-11/h1-2,5-9,11H,3-4,10H2. The second kappa shape index (κ2) is 4.05. The predicted octanol–water partition coefficient (Wildman–Crippen LogP) is 3.74. The largest absolute Gasteiger partial charge is 0.493 e. The van der Waals surface area contributed by atoms with Crippen LogP contribution >= 0.6 is 0 Å². The Morgan fingerprint density at radius 2 is 1.94 bits per heavy atom. The monoisotopic (exact) mass is 214 g/mol. The molecule has 0 atom stereocenters. The quantitative estimate of drug-likeness (QED) is 0.773. The van der Waals surface area contributed by atoms with Crippen molar-refractivity contribution in [3.63, 3.8) is 0 Å². The molecular formula is C14H14O2. The van der Waals surface area contributed by atoms with Crippen LogP contribution in [0.1, 0.15) is 12.8 Å². The average molecular weight is 214 g/mol. The minimum Gasteiger partial charge on any atom is -0.493 e. The molecule has 3 rings (SSSR count). The van der Waals surface area contributed by atoms with E-state index in [2.05, 4.69) is 0 Å². The maximum Gasteiger partial charge on any atom is 0.133 e. The zero-order valence-corrected chi connectivity index (χ0v) is 9.06. The Kier molecular flexibility index (Phi) is 2.41. The van der Waals surface area contributed by atoms with Crippen molar-refractivity contribution in [1.29, 1.82) is 0 Å². The van der Waals surface area contributed by atoms with E-state index >= 15 is 0 Å². The van der Waals surface area contributed by atoms with Crippen LogP contribution in [0.4, 0.5) is 0 Å². The zero-order chi connectivity index (χ0) is 10.8. The number of hydrogen-bond acceptors (Lipinski definition) is 2. The normalized spacial score (nSPS) is 15.0. The van der Waals surface area contributed by atoms with E-state index < -0.39 is 0 Å². The second-order valence-corrected chi connectivity index (χ2v) is 4.26. The van der Waals surface area contributed by atoms with E-state index in [4.69, 9.17) is 9.15 Å². The summed E-state index contributed by atoms with van der Waals surface area (Å²) in [6, 6.07) is 11.9. The van der Waals surface area contributed by atoms with Gasteiger partial charge in [0.1, 0.15) is 11.5 Å². The van der Waals surface area contributed by atoms with Crippen molar-refractivity contribution >= 4 is 0 Å². The van der Waals surface area contributed by atoms with E-state index in [0.717, 1.165) is 29.6 Å². The molecule has 0 saturated heterocycles. The van der Waals surface area contributed by atoms with Gasteiger partial charge in [-0.05, 0) is 55.2 Å². The number of rotatable bonds is 4. The van der Waals surface area contributed by atoms with E-state index in [9.17, 15) is 0 Å². The summed E-state index contributed by atoms with van der Waals surface area (Å²) >= 11 is 0. The van der Waals surface area contributed by atoms with Gasteiger partial charge in [-0.15, -0.1) is 0 Å². The molecule has 0 unspecified atom stereocenters. The van der Waals surface area contributed by atoms with Crippen molar-refractivity contribution in [3.05, 3.63) is 42.7 Å². The number of ether oxygens (including phenoxy) is 1. The Labute approximate surface area is 94.9 Å². The van der Waals surface area contributed by atoms with E-state index in [-0.39, 0.29) is 0 Å². The number of hydrogen-bond donors (Lipinski definition) is 0. The van der Waals surface area contributed by atoms with Crippen LogP contribution in [-0.4, -0.2) is 6.61 Å². The summed E-state index contributed by atoms with van der Waals surface area (Å²) < 4.78 is 11.0. The zero-order valence-electron chi connectivity index (χ0n) is 9.06. The molecule has 1 aliphatic rings. The highest BCUT2D eigenvalue weighted by atomic mass is 16.5. The highest BCUT2D eigenvalue weighted by Crippen LogP contribution is 2.30. The number of benzene rings is 1. The molecule has 0 bridgehead atoms. The first-order chi connectivity index (χ1) is 7.92. The fourth-order valence-corrected chi connectivity index (χ4v) is 1.66. The van der Waals surface area contributed by atoms with Gasteiger partial charge in [0.2, 0.25) is 0 Å². The minimum atomic E-state index is 0.796. The van der Waals surface area contributed by atoms with Gasteiger partial charge in [-0.1, -0.05) is 0 Å². The lowest BCUT2D eigenvalue weighted by Gasteiger charge is -2.05. The van der Waals surface area contributed by atoms with E-state index in [0.29, 0.717) is 0 Å².